The standard InChI is InChI=1S/C18H15NO2S/c1-19-14-11-16(12-7-3-2-4-8-12)22-18(14)17(21)13-9-5-6-10-15(13)20/h2-11,19-20H,1H3. The van der Waals surface area contributed by atoms with Crippen LogP contribution < -0.4 is 5.32 Å². The van der Waals surface area contributed by atoms with Crippen molar-refractivity contribution in [1.82, 2.24) is 0 Å². The Labute approximate surface area is 132 Å². The predicted molar refractivity (Wildman–Crippen MR) is 90.8 cm³/mol. The number of anilines is 1. The van der Waals surface area contributed by atoms with Crippen molar-refractivity contribution in [1.29, 1.82) is 0 Å². The Balaban J connectivity index is 2.06. The summed E-state index contributed by atoms with van der Waals surface area (Å²) in [5, 5.41) is 13.0. The zero-order valence-electron chi connectivity index (χ0n) is 12.0. The van der Waals surface area contributed by atoms with Crippen molar-refractivity contribution in [3.63, 3.8) is 0 Å². The van der Waals surface area contributed by atoms with E-state index in [-0.39, 0.29) is 11.5 Å². The van der Waals surface area contributed by atoms with Crippen molar-refractivity contribution in [2.75, 3.05) is 12.4 Å². The maximum Gasteiger partial charge on any atom is 0.208 e. The molecule has 0 spiro atoms. The molecule has 0 aliphatic heterocycles. The average molecular weight is 309 g/mol. The fourth-order valence-corrected chi connectivity index (χ4v) is 3.40. The van der Waals surface area contributed by atoms with E-state index in [1.54, 1.807) is 25.2 Å². The molecule has 0 unspecified atom stereocenters. The van der Waals surface area contributed by atoms with E-state index in [0.717, 1.165) is 16.1 Å². The number of benzene rings is 2. The molecule has 2 aromatic carbocycles. The zero-order valence-corrected chi connectivity index (χ0v) is 12.9. The fourth-order valence-electron chi connectivity index (χ4n) is 2.28. The van der Waals surface area contributed by atoms with Crippen LogP contribution in [0.5, 0.6) is 5.75 Å². The van der Waals surface area contributed by atoms with Gasteiger partial charge in [0, 0.05) is 11.9 Å². The monoisotopic (exact) mass is 309 g/mol. The number of phenols is 1. The number of rotatable bonds is 4. The summed E-state index contributed by atoms with van der Waals surface area (Å²) in [4.78, 5) is 14.3. The van der Waals surface area contributed by atoms with Crippen molar-refractivity contribution in [3.05, 3.63) is 71.1 Å². The summed E-state index contributed by atoms with van der Waals surface area (Å²) < 4.78 is 0. The second kappa shape index (κ2) is 6.03. The number of phenolic OH excluding ortho intramolecular Hbond substituents is 1. The molecule has 4 heteroatoms. The first kappa shape index (κ1) is 14.4. The number of carbonyl (C=O) groups excluding carboxylic acids is 1. The SMILES string of the molecule is CNc1cc(-c2ccccc2)sc1C(=O)c1ccccc1O. The molecular formula is C18H15NO2S. The molecule has 0 saturated heterocycles. The predicted octanol–water partition coefficient (Wildman–Crippen LogP) is 4.39. The Kier molecular flexibility index (Phi) is 3.94. The first-order valence-electron chi connectivity index (χ1n) is 6.90. The summed E-state index contributed by atoms with van der Waals surface area (Å²) in [5.41, 5.74) is 2.16. The minimum absolute atomic E-state index is 0.00390. The molecule has 3 nitrogen and oxygen atoms in total. The van der Waals surface area contributed by atoms with E-state index >= 15 is 0 Å². The van der Waals surface area contributed by atoms with Gasteiger partial charge in [0.25, 0.3) is 0 Å². The van der Waals surface area contributed by atoms with Gasteiger partial charge in [-0.3, -0.25) is 4.79 Å². The Bertz CT molecular complexity index is 809. The second-order valence-electron chi connectivity index (χ2n) is 4.82. The van der Waals surface area contributed by atoms with E-state index in [9.17, 15) is 9.90 Å². The summed E-state index contributed by atoms with van der Waals surface area (Å²) in [7, 11) is 1.79. The number of aromatic hydroxyl groups is 1. The topological polar surface area (TPSA) is 49.3 Å². The van der Waals surface area contributed by atoms with Crippen molar-refractivity contribution in [2.24, 2.45) is 0 Å². The van der Waals surface area contributed by atoms with Gasteiger partial charge in [0.05, 0.1) is 16.1 Å². The molecule has 3 aromatic rings. The van der Waals surface area contributed by atoms with Crippen molar-refractivity contribution in [3.8, 4) is 16.2 Å². The van der Waals surface area contributed by atoms with Crippen LogP contribution in [0.1, 0.15) is 15.2 Å². The molecule has 1 aromatic heterocycles. The number of hydrogen-bond acceptors (Lipinski definition) is 4. The molecule has 0 saturated carbocycles. The summed E-state index contributed by atoms with van der Waals surface area (Å²) in [6.07, 6.45) is 0. The van der Waals surface area contributed by atoms with Crippen LogP contribution in [0.15, 0.2) is 60.7 Å². The van der Waals surface area contributed by atoms with E-state index in [0.29, 0.717) is 10.4 Å². The van der Waals surface area contributed by atoms with Crippen LogP contribution in [-0.4, -0.2) is 17.9 Å². The number of hydrogen-bond donors (Lipinski definition) is 2. The number of carbonyl (C=O) groups is 1. The van der Waals surface area contributed by atoms with Gasteiger partial charge in [-0.15, -0.1) is 11.3 Å². The molecule has 0 aliphatic carbocycles. The smallest absolute Gasteiger partial charge is 0.208 e. The maximum absolute atomic E-state index is 12.7. The maximum atomic E-state index is 12.7. The van der Waals surface area contributed by atoms with E-state index in [1.165, 1.54) is 17.4 Å². The minimum Gasteiger partial charge on any atom is -0.507 e. The molecule has 22 heavy (non-hydrogen) atoms. The Morgan fingerprint density at radius 1 is 1.05 bits per heavy atom. The van der Waals surface area contributed by atoms with Crippen LogP contribution in [0.4, 0.5) is 5.69 Å². The highest BCUT2D eigenvalue weighted by Crippen LogP contribution is 2.36. The van der Waals surface area contributed by atoms with Crippen LogP contribution in [0.3, 0.4) is 0 Å². The number of para-hydroxylation sites is 1. The molecule has 110 valence electrons. The van der Waals surface area contributed by atoms with Crippen LogP contribution in [0.2, 0.25) is 0 Å². The van der Waals surface area contributed by atoms with Crippen LogP contribution in [-0.2, 0) is 0 Å². The van der Waals surface area contributed by atoms with Gasteiger partial charge in [-0.25, -0.2) is 0 Å². The van der Waals surface area contributed by atoms with Gasteiger partial charge in [0.1, 0.15) is 5.75 Å². The first-order chi connectivity index (χ1) is 10.7. The van der Waals surface area contributed by atoms with Crippen molar-refractivity contribution >= 4 is 22.8 Å². The Morgan fingerprint density at radius 2 is 1.73 bits per heavy atom. The largest absolute Gasteiger partial charge is 0.507 e. The highest BCUT2D eigenvalue weighted by molar-refractivity contribution is 7.18. The van der Waals surface area contributed by atoms with Crippen LogP contribution in [0.25, 0.3) is 10.4 Å². The first-order valence-corrected chi connectivity index (χ1v) is 7.72. The van der Waals surface area contributed by atoms with Gasteiger partial charge in [0.15, 0.2) is 0 Å². The lowest BCUT2D eigenvalue weighted by Crippen LogP contribution is -2.02. The van der Waals surface area contributed by atoms with Gasteiger partial charge in [0.2, 0.25) is 5.78 Å². The highest BCUT2D eigenvalue weighted by Gasteiger charge is 2.20. The lowest BCUT2D eigenvalue weighted by atomic mass is 10.1. The molecule has 3 rings (SSSR count). The average Bonchev–Trinajstić information content (AvgIpc) is 3.00. The Hall–Kier alpha value is -2.59. The van der Waals surface area contributed by atoms with Crippen LogP contribution >= 0.6 is 11.3 Å². The van der Waals surface area contributed by atoms with E-state index < -0.39 is 0 Å². The van der Waals surface area contributed by atoms with E-state index in [2.05, 4.69) is 5.32 Å². The van der Waals surface area contributed by atoms with Gasteiger partial charge in [-0.2, -0.15) is 0 Å². The number of thiophene rings is 1. The third-order valence-electron chi connectivity index (χ3n) is 3.41. The van der Waals surface area contributed by atoms with E-state index in [1.807, 2.05) is 36.4 Å². The van der Waals surface area contributed by atoms with Gasteiger partial charge >= 0.3 is 0 Å². The fraction of sp³-hybridized carbons (Fsp3) is 0.0556. The van der Waals surface area contributed by atoms with Crippen LogP contribution in [0, 0.1) is 0 Å². The summed E-state index contributed by atoms with van der Waals surface area (Å²) in [6, 6.07) is 18.5. The van der Waals surface area contributed by atoms with Crippen molar-refractivity contribution in [2.45, 2.75) is 0 Å². The molecular weight excluding hydrogens is 294 g/mol. The zero-order chi connectivity index (χ0) is 15.5. The Morgan fingerprint density at radius 3 is 2.41 bits per heavy atom. The number of ketones is 1. The number of nitrogens with one attached hydrogen (secondary N) is 1. The lowest BCUT2D eigenvalue weighted by Gasteiger charge is -2.04. The van der Waals surface area contributed by atoms with Crippen molar-refractivity contribution < 1.29 is 9.90 Å². The second-order valence-corrected chi connectivity index (χ2v) is 5.87. The highest BCUT2D eigenvalue weighted by atomic mass is 32.1. The van der Waals surface area contributed by atoms with E-state index in [4.69, 9.17) is 0 Å². The normalized spacial score (nSPS) is 10.4. The molecule has 2 N–H and O–H groups in total. The third kappa shape index (κ3) is 2.61. The molecule has 0 atom stereocenters. The molecule has 0 aliphatic rings. The minimum atomic E-state index is -0.172. The van der Waals surface area contributed by atoms with Gasteiger partial charge in [-0.05, 0) is 23.8 Å². The molecule has 1 heterocycles. The molecule has 0 amide bonds. The van der Waals surface area contributed by atoms with Gasteiger partial charge < -0.3 is 10.4 Å². The molecule has 0 radical (unpaired) electrons. The third-order valence-corrected chi connectivity index (χ3v) is 4.60. The quantitative estimate of drug-likeness (QED) is 0.703. The van der Waals surface area contributed by atoms with Gasteiger partial charge in [-0.1, -0.05) is 42.5 Å². The molecule has 0 bridgehead atoms. The summed E-state index contributed by atoms with van der Waals surface area (Å²) in [6.45, 7) is 0. The lowest BCUT2D eigenvalue weighted by molar-refractivity contribution is 0.104. The molecule has 0 fully saturated rings. The summed E-state index contributed by atoms with van der Waals surface area (Å²) in [5.74, 6) is -0.168. The summed E-state index contributed by atoms with van der Waals surface area (Å²) >= 11 is 1.43.